The van der Waals surface area contributed by atoms with Crippen molar-refractivity contribution in [3.05, 3.63) is 63.6 Å². The first kappa shape index (κ1) is 33.3. The van der Waals surface area contributed by atoms with E-state index < -0.39 is 11.9 Å². The Bertz CT molecular complexity index is 1290. The highest BCUT2D eigenvalue weighted by Gasteiger charge is 2.20. The minimum absolute atomic E-state index is 0.0949. The highest BCUT2D eigenvalue weighted by atomic mass is 16.4. The van der Waals surface area contributed by atoms with Crippen LogP contribution in [0.5, 0.6) is 0 Å². The lowest BCUT2D eigenvalue weighted by atomic mass is 10.2. The topological polar surface area (TPSA) is 165 Å². The van der Waals surface area contributed by atoms with Gasteiger partial charge in [0.15, 0.2) is 0 Å². The number of carbonyl (C=O) groups is 2. The first-order valence-corrected chi connectivity index (χ1v) is 14.1. The Morgan fingerprint density at radius 3 is 1.88 bits per heavy atom. The molecule has 1 saturated heterocycles. The fourth-order valence-corrected chi connectivity index (χ4v) is 4.86. The predicted octanol–water partition coefficient (Wildman–Crippen LogP) is 1.43. The van der Waals surface area contributed by atoms with Crippen molar-refractivity contribution in [1.82, 2.24) is 29.6 Å². The number of terminal acetylenes is 1. The third-order valence-electron chi connectivity index (χ3n) is 7.10. The Morgan fingerprint density at radius 2 is 1.40 bits per heavy atom. The molecule has 0 bridgehead atoms. The van der Waals surface area contributed by atoms with Crippen LogP contribution in [0.25, 0.3) is 10.4 Å². The SMILES string of the molecule is C#Cc1cccc(CN2CCN(CC(=O)O)CCN(Cc3cc(N(C)C)cc(CN=[N+]=[N-])n3)CCN(CC(=O)O)CC2)n1. The summed E-state index contributed by atoms with van der Waals surface area (Å²) in [6.45, 7) is 5.21. The Hall–Kier alpha value is -4.25. The molecule has 43 heavy (non-hydrogen) atoms. The van der Waals surface area contributed by atoms with E-state index in [4.69, 9.17) is 16.9 Å². The highest BCUT2D eigenvalue weighted by molar-refractivity contribution is 5.69. The van der Waals surface area contributed by atoms with Gasteiger partial charge in [0.05, 0.1) is 31.0 Å². The van der Waals surface area contributed by atoms with E-state index in [0.717, 1.165) is 17.1 Å². The van der Waals surface area contributed by atoms with Crippen molar-refractivity contribution in [2.24, 2.45) is 5.11 Å². The lowest BCUT2D eigenvalue weighted by Crippen LogP contribution is -2.47. The van der Waals surface area contributed by atoms with Crippen molar-refractivity contribution in [3.63, 3.8) is 0 Å². The molecule has 0 spiro atoms. The van der Waals surface area contributed by atoms with Crippen molar-refractivity contribution in [2.45, 2.75) is 19.6 Å². The second kappa shape index (κ2) is 17.0. The van der Waals surface area contributed by atoms with Gasteiger partial charge < -0.3 is 15.1 Å². The minimum Gasteiger partial charge on any atom is -0.480 e. The van der Waals surface area contributed by atoms with Crippen molar-refractivity contribution in [2.75, 3.05) is 84.4 Å². The molecular weight excluding hydrogens is 552 g/mol. The van der Waals surface area contributed by atoms with Crippen LogP contribution < -0.4 is 4.90 Å². The molecule has 230 valence electrons. The Balaban J connectivity index is 1.83. The number of hydrogen-bond donors (Lipinski definition) is 2. The lowest BCUT2D eigenvalue weighted by Gasteiger charge is -2.33. The summed E-state index contributed by atoms with van der Waals surface area (Å²) in [6.07, 6.45) is 5.53. The van der Waals surface area contributed by atoms with Crippen LogP contribution in [-0.2, 0) is 29.2 Å². The molecule has 1 aliphatic heterocycles. The molecule has 14 heteroatoms. The van der Waals surface area contributed by atoms with Crippen LogP contribution in [0.2, 0.25) is 0 Å². The van der Waals surface area contributed by atoms with E-state index in [1.807, 2.05) is 53.1 Å². The van der Waals surface area contributed by atoms with Crippen LogP contribution in [0.15, 0.2) is 35.4 Å². The summed E-state index contributed by atoms with van der Waals surface area (Å²) in [6, 6.07) is 9.37. The molecular formula is C29H40N10O4. The van der Waals surface area contributed by atoms with Gasteiger partial charge in [0.1, 0.15) is 5.69 Å². The van der Waals surface area contributed by atoms with Crippen molar-refractivity contribution < 1.29 is 19.8 Å². The van der Waals surface area contributed by atoms with Crippen LogP contribution in [0, 0.1) is 12.3 Å². The van der Waals surface area contributed by atoms with Gasteiger partial charge in [-0.2, -0.15) is 0 Å². The van der Waals surface area contributed by atoms with E-state index in [1.54, 1.807) is 6.07 Å². The first-order chi connectivity index (χ1) is 20.6. The van der Waals surface area contributed by atoms with Crippen LogP contribution in [0.3, 0.4) is 0 Å². The summed E-state index contributed by atoms with van der Waals surface area (Å²) in [5, 5.41) is 22.9. The number of azide groups is 1. The molecule has 3 rings (SSSR count). The van der Waals surface area contributed by atoms with E-state index in [-0.39, 0.29) is 19.6 Å². The summed E-state index contributed by atoms with van der Waals surface area (Å²) in [5.41, 5.74) is 12.5. The number of hydrogen-bond acceptors (Lipinski definition) is 10. The molecule has 0 amide bonds. The van der Waals surface area contributed by atoms with E-state index in [9.17, 15) is 19.8 Å². The molecule has 0 atom stereocenters. The van der Waals surface area contributed by atoms with Gasteiger partial charge in [-0.1, -0.05) is 17.1 Å². The van der Waals surface area contributed by atoms with Crippen molar-refractivity contribution in [1.29, 1.82) is 0 Å². The third-order valence-corrected chi connectivity index (χ3v) is 7.10. The summed E-state index contributed by atoms with van der Waals surface area (Å²) in [5.74, 6) is 0.755. The van der Waals surface area contributed by atoms with Gasteiger partial charge in [-0.25, -0.2) is 4.98 Å². The van der Waals surface area contributed by atoms with E-state index in [2.05, 4.69) is 30.7 Å². The van der Waals surface area contributed by atoms with E-state index in [1.165, 1.54) is 0 Å². The van der Waals surface area contributed by atoms with Gasteiger partial charge in [0.25, 0.3) is 0 Å². The maximum atomic E-state index is 11.7. The fourth-order valence-electron chi connectivity index (χ4n) is 4.86. The molecule has 0 aliphatic carbocycles. The maximum absolute atomic E-state index is 11.7. The lowest BCUT2D eigenvalue weighted by molar-refractivity contribution is -0.139. The number of pyridine rings is 2. The largest absolute Gasteiger partial charge is 0.480 e. The fraction of sp³-hybridized carbons (Fsp3) is 0.517. The number of anilines is 1. The number of carboxylic acid groups (broad SMARTS) is 2. The van der Waals surface area contributed by atoms with E-state index in [0.29, 0.717) is 76.8 Å². The number of aliphatic carboxylic acids is 2. The van der Waals surface area contributed by atoms with Crippen molar-refractivity contribution >= 4 is 17.6 Å². The maximum Gasteiger partial charge on any atom is 0.317 e. The zero-order valence-electron chi connectivity index (χ0n) is 24.8. The van der Waals surface area contributed by atoms with Gasteiger partial charge >= 0.3 is 11.9 Å². The Labute approximate surface area is 252 Å². The molecule has 2 N–H and O–H groups in total. The van der Waals surface area contributed by atoms with Gasteiger partial charge in [-0.3, -0.25) is 34.2 Å². The molecule has 2 aromatic rings. The zero-order chi connectivity index (χ0) is 31.2. The summed E-state index contributed by atoms with van der Waals surface area (Å²) in [4.78, 5) is 45.6. The Morgan fingerprint density at radius 1 is 0.884 bits per heavy atom. The monoisotopic (exact) mass is 592 g/mol. The van der Waals surface area contributed by atoms with Crippen LogP contribution in [0.4, 0.5) is 5.69 Å². The number of nitrogens with zero attached hydrogens (tertiary/aromatic N) is 10. The predicted molar refractivity (Wildman–Crippen MR) is 162 cm³/mol. The molecule has 1 fully saturated rings. The minimum atomic E-state index is -0.899. The third kappa shape index (κ3) is 11.9. The van der Waals surface area contributed by atoms with Gasteiger partial charge in [0, 0.05) is 95.8 Å². The zero-order valence-corrected chi connectivity index (χ0v) is 24.8. The second-order valence-electron chi connectivity index (χ2n) is 10.6. The number of carboxylic acids is 2. The molecule has 0 aromatic carbocycles. The van der Waals surface area contributed by atoms with Crippen LogP contribution >= 0.6 is 0 Å². The van der Waals surface area contributed by atoms with Gasteiger partial charge in [-0.05, 0) is 29.8 Å². The van der Waals surface area contributed by atoms with Crippen LogP contribution in [0.1, 0.15) is 22.8 Å². The summed E-state index contributed by atoms with van der Waals surface area (Å²) in [7, 11) is 3.84. The smallest absolute Gasteiger partial charge is 0.317 e. The molecule has 0 unspecified atom stereocenters. The highest BCUT2D eigenvalue weighted by Crippen LogP contribution is 2.17. The molecule has 0 saturated carbocycles. The Kier molecular flexibility index (Phi) is 13.2. The van der Waals surface area contributed by atoms with E-state index >= 15 is 0 Å². The molecule has 0 radical (unpaired) electrons. The van der Waals surface area contributed by atoms with Crippen LogP contribution in [-0.4, -0.2) is 131 Å². The molecule has 14 nitrogen and oxygen atoms in total. The molecule has 1 aliphatic rings. The number of rotatable bonds is 11. The molecule has 3 heterocycles. The second-order valence-corrected chi connectivity index (χ2v) is 10.6. The first-order valence-electron chi connectivity index (χ1n) is 14.1. The van der Waals surface area contributed by atoms with Gasteiger partial charge in [-0.15, -0.1) is 6.42 Å². The average molecular weight is 593 g/mol. The summed E-state index contributed by atoms with van der Waals surface area (Å²) < 4.78 is 0. The number of aromatic nitrogens is 2. The molecule has 2 aromatic heterocycles. The summed E-state index contributed by atoms with van der Waals surface area (Å²) >= 11 is 0. The normalized spacial score (nSPS) is 16.3. The van der Waals surface area contributed by atoms with Crippen molar-refractivity contribution in [3.8, 4) is 12.3 Å². The average Bonchev–Trinajstić information content (AvgIpc) is 2.96. The van der Waals surface area contributed by atoms with Gasteiger partial charge in [0.2, 0.25) is 0 Å². The quantitative estimate of drug-likeness (QED) is 0.168. The standard InChI is InChI=1S/C29H40N10O4/c1-4-23-6-5-7-24(32-23)19-36-8-12-38(21-28(40)41)14-10-37(11-15-39(13-9-36)22-29(42)43)20-26-17-27(35(2)3)16-25(33-26)18-31-34-30/h1,5-7,16-17H,8-15,18-22H2,2-3H3,(H,40,41)(H,42,43).